The molecule has 0 aliphatic carbocycles. The van der Waals surface area contributed by atoms with Crippen molar-refractivity contribution < 1.29 is 4.79 Å². The highest BCUT2D eigenvalue weighted by molar-refractivity contribution is 9.10. The molecular formula is C15H21BrClN3O. The predicted octanol–water partition coefficient (Wildman–Crippen LogP) is 3.10. The number of hydrogen-bond acceptors (Lipinski definition) is 3. The summed E-state index contributed by atoms with van der Waals surface area (Å²) < 4.78 is 0.890. The van der Waals surface area contributed by atoms with Crippen molar-refractivity contribution in [2.75, 3.05) is 25.0 Å². The van der Waals surface area contributed by atoms with E-state index in [1.165, 1.54) is 0 Å². The largest absolute Gasteiger partial charge is 0.330 e. The van der Waals surface area contributed by atoms with Gasteiger partial charge in [-0.3, -0.25) is 9.69 Å². The van der Waals surface area contributed by atoms with E-state index in [9.17, 15) is 4.79 Å². The molecule has 0 radical (unpaired) electrons. The molecule has 1 aromatic carbocycles. The quantitative estimate of drug-likeness (QED) is 0.851. The Labute approximate surface area is 139 Å². The third-order valence-electron chi connectivity index (χ3n) is 3.99. The summed E-state index contributed by atoms with van der Waals surface area (Å²) in [6.07, 6.45) is 2.24. The number of anilines is 1. The lowest BCUT2D eigenvalue weighted by molar-refractivity contribution is -0.118. The molecule has 0 saturated carbocycles. The summed E-state index contributed by atoms with van der Waals surface area (Å²) in [6.45, 7) is 4.11. The van der Waals surface area contributed by atoms with Crippen molar-refractivity contribution in [2.24, 2.45) is 11.7 Å². The second-order valence-electron chi connectivity index (χ2n) is 5.63. The van der Waals surface area contributed by atoms with Gasteiger partial charge in [-0.15, -0.1) is 0 Å². The Morgan fingerprint density at radius 2 is 2.29 bits per heavy atom. The molecule has 1 saturated heterocycles. The molecule has 1 heterocycles. The van der Waals surface area contributed by atoms with Crippen LogP contribution >= 0.6 is 27.5 Å². The van der Waals surface area contributed by atoms with Gasteiger partial charge in [-0.1, -0.05) is 27.5 Å². The molecule has 0 spiro atoms. The molecular weight excluding hydrogens is 354 g/mol. The lowest BCUT2D eigenvalue weighted by Crippen LogP contribution is -2.47. The van der Waals surface area contributed by atoms with Crippen LogP contribution in [0.2, 0.25) is 5.02 Å². The van der Waals surface area contributed by atoms with E-state index in [0.29, 0.717) is 35.8 Å². The first-order valence-electron chi connectivity index (χ1n) is 7.18. The van der Waals surface area contributed by atoms with Crippen molar-refractivity contribution in [3.63, 3.8) is 0 Å². The molecule has 1 aromatic rings. The van der Waals surface area contributed by atoms with Crippen LogP contribution in [-0.4, -0.2) is 36.5 Å². The maximum atomic E-state index is 12.2. The first-order valence-corrected chi connectivity index (χ1v) is 8.35. The molecule has 1 aliphatic heterocycles. The maximum absolute atomic E-state index is 12.2. The summed E-state index contributed by atoms with van der Waals surface area (Å²) in [5.41, 5.74) is 6.39. The van der Waals surface area contributed by atoms with E-state index in [-0.39, 0.29) is 5.91 Å². The number of halogens is 2. The molecule has 1 fully saturated rings. The van der Waals surface area contributed by atoms with Gasteiger partial charge in [0, 0.05) is 17.1 Å². The number of likely N-dealkylation sites (tertiary alicyclic amines) is 1. The Balaban J connectivity index is 1.94. The fourth-order valence-electron chi connectivity index (χ4n) is 2.64. The van der Waals surface area contributed by atoms with Crippen LogP contribution in [0.25, 0.3) is 0 Å². The first kappa shape index (κ1) is 16.7. The lowest BCUT2D eigenvalue weighted by atomic mass is 9.93. The topological polar surface area (TPSA) is 58.4 Å². The number of nitrogens with two attached hydrogens (primary N) is 1. The number of nitrogens with zero attached hydrogens (tertiary/aromatic N) is 1. The average molecular weight is 375 g/mol. The zero-order valence-corrected chi connectivity index (χ0v) is 14.5. The standard InChI is InChI=1S/C15H21BrClN3O/c1-10-2-3-11(7-18)8-20(10)9-15(21)19-14-5-4-12(16)6-13(14)17/h4-6,10-11H,2-3,7-9,18H2,1H3,(H,19,21). The summed E-state index contributed by atoms with van der Waals surface area (Å²) in [7, 11) is 0. The van der Waals surface area contributed by atoms with E-state index in [1.54, 1.807) is 12.1 Å². The van der Waals surface area contributed by atoms with Crippen molar-refractivity contribution in [1.29, 1.82) is 0 Å². The molecule has 2 unspecified atom stereocenters. The van der Waals surface area contributed by atoms with Gasteiger partial charge < -0.3 is 11.1 Å². The van der Waals surface area contributed by atoms with Gasteiger partial charge >= 0.3 is 0 Å². The summed E-state index contributed by atoms with van der Waals surface area (Å²) in [4.78, 5) is 14.4. The van der Waals surface area contributed by atoms with Crippen molar-refractivity contribution in [2.45, 2.75) is 25.8 Å². The van der Waals surface area contributed by atoms with Crippen molar-refractivity contribution in [1.82, 2.24) is 4.90 Å². The number of benzene rings is 1. The van der Waals surface area contributed by atoms with Crippen LogP contribution in [0.15, 0.2) is 22.7 Å². The number of carbonyl (C=O) groups is 1. The third-order valence-corrected chi connectivity index (χ3v) is 4.80. The second kappa shape index (κ2) is 7.58. The molecule has 0 bridgehead atoms. The molecule has 6 heteroatoms. The van der Waals surface area contributed by atoms with Crippen LogP contribution in [0.5, 0.6) is 0 Å². The van der Waals surface area contributed by atoms with Gasteiger partial charge in [0.05, 0.1) is 17.3 Å². The zero-order chi connectivity index (χ0) is 15.4. The van der Waals surface area contributed by atoms with E-state index >= 15 is 0 Å². The molecule has 3 N–H and O–H groups in total. The minimum atomic E-state index is -0.0382. The Morgan fingerprint density at radius 3 is 2.95 bits per heavy atom. The summed E-state index contributed by atoms with van der Waals surface area (Å²) in [5, 5.41) is 3.41. The highest BCUT2D eigenvalue weighted by atomic mass is 79.9. The number of nitrogens with one attached hydrogen (secondary N) is 1. The molecule has 4 nitrogen and oxygen atoms in total. The zero-order valence-electron chi connectivity index (χ0n) is 12.1. The third kappa shape index (κ3) is 4.68. The fraction of sp³-hybridized carbons (Fsp3) is 0.533. The number of piperidine rings is 1. The summed E-state index contributed by atoms with van der Waals surface area (Å²) in [6, 6.07) is 5.84. The molecule has 1 amide bonds. The normalized spacial score (nSPS) is 23.0. The van der Waals surface area contributed by atoms with Gasteiger partial charge in [0.15, 0.2) is 0 Å². The van der Waals surface area contributed by atoms with E-state index in [4.69, 9.17) is 17.3 Å². The van der Waals surface area contributed by atoms with Crippen LogP contribution in [0.3, 0.4) is 0 Å². The van der Waals surface area contributed by atoms with E-state index < -0.39 is 0 Å². The van der Waals surface area contributed by atoms with Crippen LogP contribution in [-0.2, 0) is 4.79 Å². The van der Waals surface area contributed by atoms with Crippen LogP contribution in [0.4, 0.5) is 5.69 Å². The van der Waals surface area contributed by atoms with Gasteiger partial charge in [-0.05, 0) is 50.4 Å². The summed E-state index contributed by atoms with van der Waals surface area (Å²) >= 11 is 9.46. The minimum Gasteiger partial charge on any atom is -0.330 e. The molecule has 0 aromatic heterocycles. The highest BCUT2D eigenvalue weighted by Crippen LogP contribution is 2.26. The van der Waals surface area contributed by atoms with Gasteiger partial charge in [0.25, 0.3) is 0 Å². The fourth-order valence-corrected chi connectivity index (χ4v) is 3.36. The monoisotopic (exact) mass is 373 g/mol. The number of hydrogen-bond donors (Lipinski definition) is 2. The van der Waals surface area contributed by atoms with Gasteiger partial charge in [-0.25, -0.2) is 0 Å². The minimum absolute atomic E-state index is 0.0382. The van der Waals surface area contributed by atoms with Crippen LogP contribution < -0.4 is 11.1 Å². The number of amides is 1. The Morgan fingerprint density at radius 1 is 1.52 bits per heavy atom. The summed E-state index contributed by atoms with van der Waals surface area (Å²) in [5.74, 6) is 0.453. The maximum Gasteiger partial charge on any atom is 0.238 e. The van der Waals surface area contributed by atoms with Crippen LogP contribution in [0, 0.1) is 5.92 Å². The second-order valence-corrected chi connectivity index (χ2v) is 6.95. The molecule has 2 rings (SSSR count). The SMILES string of the molecule is CC1CCC(CN)CN1CC(=O)Nc1ccc(Br)cc1Cl. The number of carbonyl (C=O) groups excluding carboxylic acids is 1. The smallest absolute Gasteiger partial charge is 0.238 e. The van der Waals surface area contributed by atoms with Crippen molar-refractivity contribution >= 4 is 39.1 Å². The molecule has 1 aliphatic rings. The lowest BCUT2D eigenvalue weighted by Gasteiger charge is -2.37. The average Bonchev–Trinajstić information content (AvgIpc) is 2.44. The van der Waals surface area contributed by atoms with Crippen molar-refractivity contribution in [3.8, 4) is 0 Å². The highest BCUT2D eigenvalue weighted by Gasteiger charge is 2.26. The molecule has 21 heavy (non-hydrogen) atoms. The van der Waals surface area contributed by atoms with Gasteiger partial charge in [-0.2, -0.15) is 0 Å². The molecule has 2 atom stereocenters. The first-order chi connectivity index (χ1) is 9.99. The Kier molecular flexibility index (Phi) is 6.05. The Hall–Kier alpha value is -0.620. The number of rotatable bonds is 4. The molecule has 116 valence electrons. The predicted molar refractivity (Wildman–Crippen MR) is 90.6 cm³/mol. The van der Waals surface area contributed by atoms with Crippen molar-refractivity contribution in [3.05, 3.63) is 27.7 Å². The van der Waals surface area contributed by atoms with E-state index in [1.807, 2.05) is 6.07 Å². The van der Waals surface area contributed by atoms with E-state index in [2.05, 4.69) is 33.1 Å². The van der Waals surface area contributed by atoms with Gasteiger partial charge in [0.2, 0.25) is 5.91 Å². The van der Waals surface area contributed by atoms with E-state index in [0.717, 1.165) is 23.9 Å². The van der Waals surface area contributed by atoms with Crippen LogP contribution in [0.1, 0.15) is 19.8 Å². The van der Waals surface area contributed by atoms with Gasteiger partial charge in [0.1, 0.15) is 0 Å². The Bertz CT molecular complexity index is 512.